The summed E-state index contributed by atoms with van der Waals surface area (Å²) in [6.07, 6.45) is 14.1. The van der Waals surface area contributed by atoms with E-state index in [4.69, 9.17) is 0 Å². The summed E-state index contributed by atoms with van der Waals surface area (Å²) in [6, 6.07) is 0. The highest BCUT2D eigenvalue weighted by Crippen LogP contribution is 1.90. The van der Waals surface area contributed by atoms with Crippen LogP contribution in [0.4, 0.5) is 0 Å². The number of unbranched alkanes of at least 4 members (excludes halogenated alkanes) is 2. The van der Waals surface area contributed by atoms with Gasteiger partial charge in [-0.15, -0.1) is 0 Å². The van der Waals surface area contributed by atoms with Gasteiger partial charge in [-0.3, -0.25) is 0 Å². The predicted molar refractivity (Wildman–Crippen MR) is 46.8 cm³/mol. The largest absolute Gasteiger partial charge is 0.0839 e. The van der Waals surface area contributed by atoms with E-state index in [1.54, 1.807) is 0 Å². The van der Waals surface area contributed by atoms with Crippen LogP contribution >= 0.6 is 0 Å². The van der Waals surface area contributed by atoms with Gasteiger partial charge in [-0.25, -0.2) is 0 Å². The van der Waals surface area contributed by atoms with Crippen molar-refractivity contribution in [2.45, 2.75) is 39.5 Å². The molecule has 0 atom stereocenters. The number of rotatable bonds is 5. The van der Waals surface area contributed by atoms with Gasteiger partial charge < -0.3 is 0 Å². The molecule has 0 aliphatic carbocycles. The molecule has 0 saturated carbocycles. The first-order chi connectivity index (χ1) is 4.91. The molecule has 0 nitrogen and oxygen atoms in total. The molecule has 0 aliphatic rings. The van der Waals surface area contributed by atoms with Crippen molar-refractivity contribution in [1.82, 2.24) is 0 Å². The molecule has 0 saturated heterocycles. The van der Waals surface area contributed by atoms with E-state index >= 15 is 0 Å². The van der Waals surface area contributed by atoms with Crippen molar-refractivity contribution in [3.05, 3.63) is 24.3 Å². The molecule has 0 spiro atoms. The van der Waals surface area contributed by atoms with E-state index in [1.165, 1.54) is 19.3 Å². The van der Waals surface area contributed by atoms with Gasteiger partial charge in [0.25, 0.3) is 0 Å². The summed E-state index contributed by atoms with van der Waals surface area (Å²) in [4.78, 5) is 0. The van der Waals surface area contributed by atoms with E-state index < -0.39 is 0 Å². The van der Waals surface area contributed by atoms with Gasteiger partial charge in [0.05, 0.1) is 0 Å². The SMILES string of the molecule is CCCC=[C]C=CCCC. The van der Waals surface area contributed by atoms with Crippen LogP contribution < -0.4 is 0 Å². The summed E-state index contributed by atoms with van der Waals surface area (Å²) >= 11 is 0. The van der Waals surface area contributed by atoms with Crippen molar-refractivity contribution in [3.63, 3.8) is 0 Å². The third-order valence-corrected chi connectivity index (χ3v) is 1.22. The Hall–Kier alpha value is -0.520. The molecule has 0 bridgehead atoms. The molecule has 0 rings (SSSR count). The highest BCUT2D eigenvalue weighted by molar-refractivity contribution is 4.94. The normalized spacial score (nSPS) is 11.8. The van der Waals surface area contributed by atoms with Crippen LogP contribution in [0.3, 0.4) is 0 Å². The lowest BCUT2D eigenvalue weighted by Crippen LogP contribution is -1.61. The topological polar surface area (TPSA) is 0 Å². The van der Waals surface area contributed by atoms with Gasteiger partial charge in [-0.05, 0) is 18.9 Å². The van der Waals surface area contributed by atoms with Gasteiger partial charge in [-0.2, -0.15) is 0 Å². The average Bonchev–Trinajstić information content (AvgIpc) is 1.97. The van der Waals surface area contributed by atoms with Crippen LogP contribution in [0, 0.1) is 6.08 Å². The van der Waals surface area contributed by atoms with Gasteiger partial charge in [0.1, 0.15) is 0 Å². The van der Waals surface area contributed by atoms with Crippen LogP contribution in [0.15, 0.2) is 18.2 Å². The zero-order valence-corrected chi connectivity index (χ0v) is 7.06. The molecule has 0 heterocycles. The molecular formula is C10H17. The fourth-order valence-corrected chi connectivity index (χ4v) is 0.614. The Labute approximate surface area is 64.6 Å². The second kappa shape index (κ2) is 8.48. The van der Waals surface area contributed by atoms with Gasteiger partial charge >= 0.3 is 0 Å². The Kier molecular flexibility index (Phi) is 8.04. The van der Waals surface area contributed by atoms with Crippen LogP contribution in [0.5, 0.6) is 0 Å². The molecule has 0 aromatic rings. The van der Waals surface area contributed by atoms with Crippen molar-refractivity contribution in [3.8, 4) is 0 Å². The predicted octanol–water partition coefficient (Wildman–Crippen LogP) is 3.50. The Balaban J connectivity index is 3.15. The zero-order valence-electron chi connectivity index (χ0n) is 7.06. The lowest BCUT2D eigenvalue weighted by atomic mass is 10.3. The molecule has 0 aromatic carbocycles. The highest BCUT2D eigenvalue weighted by atomic mass is 13.8. The highest BCUT2D eigenvalue weighted by Gasteiger charge is 1.71. The minimum atomic E-state index is 1.15. The summed E-state index contributed by atoms with van der Waals surface area (Å²) in [7, 11) is 0. The van der Waals surface area contributed by atoms with E-state index in [9.17, 15) is 0 Å². The molecule has 0 N–H and O–H groups in total. The molecule has 57 valence electrons. The van der Waals surface area contributed by atoms with E-state index in [1.807, 2.05) is 6.08 Å². The lowest BCUT2D eigenvalue weighted by molar-refractivity contribution is 0.951. The molecule has 0 fully saturated rings. The first-order valence-electron chi connectivity index (χ1n) is 4.14. The maximum absolute atomic E-state index is 3.12. The standard InChI is InChI=1S/C10H17/c1-3-5-7-9-10-8-6-4-2/h7-9H,3-6H2,1-2H3. The smallest absolute Gasteiger partial charge is 0.0230 e. The quantitative estimate of drug-likeness (QED) is 0.509. The first kappa shape index (κ1) is 9.48. The van der Waals surface area contributed by atoms with Crippen molar-refractivity contribution >= 4 is 0 Å². The third-order valence-electron chi connectivity index (χ3n) is 1.22. The molecule has 0 aliphatic heterocycles. The van der Waals surface area contributed by atoms with Gasteiger partial charge in [0.15, 0.2) is 0 Å². The molecule has 10 heavy (non-hydrogen) atoms. The van der Waals surface area contributed by atoms with Crippen molar-refractivity contribution in [2.75, 3.05) is 0 Å². The molecule has 1 radical (unpaired) electrons. The minimum absolute atomic E-state index is 1.15. The molecular weight excluding hydrogens is 120 g/mol. The van der Waals surface area contributed by atoms with E-state index in [-0.39, 0.29) is 0 Å². The second-order valence-electron chi connectivity index (χ2n) is 2.35. The van der Waals surface area contributed by atoms with Crippen molar-refractivity contribution in [2.24, 2.45) is 0 Å². The maximum Gasteiger partial charge on any atom is -0.0230 e. The number of allylic oxidation sites excluding steroid dienone is 4. The third kappa shape index (κ3) is 7.48. The lowest BCUT2D eigenvalue weighted by Gasteiger charge is -1.81. The van der Waals surface area contributed by atoms with Crippen molar-refractivity contribution < 1.29 is 0 Å². The van der Waals surface area contributed by atoms with Crippen molar-refractivity contribution in [1.29, 1.82) is 0 Å². The summed E-state index contributed by atoms with van der Waals surface area (Å²) in [5.41, 5.74) is 0. The summed E-state index contributed by atoms with van der Waals surface area (Å²) in [5, 5.41) is 0. The van der Waals surface area contributed by atoms with Gasteiger partial charge in [-0.1, -0.05) is 44.9 Å². The van der Waals surface area contributed by atoms with E-state index in [0.29, 0.717) is 0 Å². The Morgan fingerprint density at radius 2 is 1.80 bits per heavy atom. The fourth-order valence-electron chi connectivity index (χ4n) is 0.614. The molecule has 0 aromatic heterocycles. The Morgan fingerprint density at radius 1 is 1.10 bits per heavy atom. The van der Waals surface area contributed by atoms with Crippen LogP contribution in [-0.4, -0.2) is 0 Å². The van der Waals surface area contributed by atoms with Crippen LogP contribution in [0.2, 0.25) is 0 Å². The first-order valence-corrected chi connectivity index (χ1v) is 4.14. The van der Waals surface area contributed by atoms with E-state index in [2.05, 4.69) is 32.1 Å². The Morgan fingerprint density at radius 3 is 2.40 bits per heavy atom. The fraction of sp³-hybridized carbons (Fsp3) is 0.600. The van der Waals surface area contributed by atoms with E-state index in [0.717, 1.165) is 6.42 Å². The van der Waals surface area contributed by atoms with Crippen LogP contribution in [0.25, 0.3) is 0 Å². The summed E-state index contributed by atoms with van der Waals surface area (Å²) in [6.45, 7) is 4.36. The van der Waals surface area contributed by atoms with Crippen LogP contribution in [-0.2, 0) is 0 Å². The Bertz CT molecular complexity index is 84.6. The molecule has 0 unspecified atom stereocenters. The zero-order chi connectivity index (χ0) is 7.66. The second-order valence-corrected chi connectivity index (χ2v) is 2.35. The number of hydrogen-bond acceptors (Lipinski definition) is 0. The summed E-state index contributed by atoms with van der Waals surface area (Å²) in [5.74, 6) is 0. The van der Waals surface area contributed by atoms with Gasteiger partial charge in [0, 0.05) is 0 Å². The maximum atomic E-state index is 3.12. The summed E-state index contributed by atoms with van der Waals surface area (Å²) < 4.78 is 0. The monoisotopic (exact) mass is 137 g/mol. The number of hydrogen-bond donors (Lipinski definition) is 0. The molecule has 0 heteroatoms. The van der Waals surface area contributed by atoms with Crippen LogP contribution in [0.1, 0.15) is 39.5 Å². The van der Waals surface area contributed by atoms with Gasteiger partial charge in [0.2, 0.25) is 0 Å². The molecule has 0 amide bonds. The minimum Gasteiger partial charge on any atom is -0.0839 e. The average molecular weight is 137 g/mol.